The zero-order valence-corrected chi connectivity index (χ0v) is 24.2. The summed E-state index contributed by atoms with van der Waals surface area (Å²) in [6, 6.07) is 4.22. The van der Waals surface area contributed by atoms with E-state index in [4.69, 9.17) is 9.47 Å². The first kappa shape index (κ1) is 29.8. The third-order valence-electron chi connectivity index (χ3n) is 8.19. The van der Waals surface area contributed by atoms with Gasteiger partial charge in [-0.15, -0.1) is 0 Å². The Morgan fingerprint density at radius 2 is 1.60 bits per heavy atom. The summed E-state index contributed by atoms with van der Waals surface area (Å²) < 4.78 is 25.9. The molecule has 40 heavy (non-hydrogen) atoms. The molecule has 0 bridgehead atoms. The Hall–Kier alpha value is -3.22. The SMILES string of the molecule is CCCCCCCCCCCC1=C(O)C(=O)C2=C(OC3=C(C(=O)CC(C)(C)C3)C2c2ccc(OC)c(F)c2)C1=O. The van der Waals surface area contributed by atoms with Crippen molar-refractivity contribution in [1.29, 1.82) is 0 Å². The lowest BCUT2D eigenvalue weighted by atomic mass is 9.68. The summed E-state index contributed by atoms with van der Waals surface area (Å²) in [5.74, 6) is -3.56. The molecule has 1 atom stereocenters. The van der Waals surface area contributed by atoms with E-state index in [1.54, 1.807) is 6.07 Å². The van der Waals surface area contributed by atoms with Crippen LogP contribution in [-0.4, -0.2) is 29.6 Å². The molecule has 2 aliphatic carbocycles. The maximum absolute atomic E-state index is 14.8. The minimum atomic E-state index is -1.02. The number of benzene rings is 1. The van der Waals surface area contributed by atoms with Crippen LogP contribution in [0.5, 0.6) is 5.75 Å². The molecule has 6 nitrogen and oxygen atoms in total. The minimum absolute atomic E-state index is 0.0207. The van der Waals surface area contributed by atoms with E-state index in [2.05, 4.69) is 6.92 Å². The number of hydrogen-bond donors (Lipinski definition) is 1. The van der Waals surface area contributed by atoms with Crippen LogP contribution >= 0.6 is 0 Å². The average Bonchev–Trinajstić information content (AvgIpc) is 2.90. The number of halogens is 1. The number of unbranched alkanes of at least 4 members (excludes halogenated alkanes) is 8. The van der Waals surface area contributed by atoms with Crippen molar-refractivity contribution in [1.82, 2.24) is 0 Å². The summed E-state index contributed by atoms with van der Waals surface area (Å²) in [6.07, 6.45) is 10.8. The second kappa shape index (κ2) is 12.5. The van der Waals surface area contributed by atoms with Gasteiger partial charge in [0.05, 0.1) is 12.7 Å². The molecule has 4 rings (SSSR count). The number of aliphatic hydroxyl groups excluding tert-OH is 1. The van der Waals surface area contributed by atoms with Crippen LogP contribution in [-0.2, 0) is 19.1 Å². The fourth-order valence-electron chi connectivity index (χ4n) is 6.10. The van der Waals surface area contributed by atoms with E-state index in [1.807, 2.05) is 13.8 Å². The fraction of sp³-hybridized carbons (Fsp3) is 0.545. The molecule has 0 saturated carbocycles. The van der Waals surface area contributed by atoms with Gasteiger partial charge in [-0.05, 0) is 36.0 Å². The van der Waals surface area contributed by atoms with Crippen LogP contribution in [0, 0.1) is 11.2 Å². The van der Waals surface area contributed by atoms with Crippen LogP contribution < -0.4 is 4.74 Å². The lowest BCUT2D eigenvalue weighted by Gasteiger charge is -2.39. The van der Waals surface area contributed by atoms with Gasteiger partial charge in [0, 0.05) is 29.9 Å². The second-order valence-electron chi connectivity index (χ2n) is 12.0. The van der Waals surface area contributed by atoms with Crippen molar-refractivity contribution >= 4 is 17.3 Å². The predicted octanol–water partition coefficient (Wildman–Crippen LogP) is 7.73. The maximum atomic E-state index is 14.8. The van der Waals surface area contributed by atoms with E-state index >= 15 is 0 Å². The minimum Gasteiger partial charge on any atom is -0.504 e. The van der Waals surface area contributed by atoms with Crippen molar-refractivity contribution < 1.29 is 33.4 Å². The molecule has 216 valence electrons. The highest BCUT2D eigenvalue weighted by molar-refractivity contribution is 6.25. The van der Waals surface area contributed by atoms with E-state index in [-0.39, 0.29) is 46.9 Å². The Balaban J connectivity index is 1.59. The highest BCUT2D eigenvalue weighted by Crippen LogP contribution is 2.51. The van der Waals surface area contributed by atoms with Crippen molar-refractivity contribution in [3.63, 3.8) is 0 Å². The van der Waals surface area contributed by atoms with Crippen molar-refractivity contribution in [3.05, 3.63) is 63.6 Å². The van der Waals surface area contributed by atoms with Gasteiger partial charge in [-0.3, -0.25) is 14.4 Å². The molecule has 1 heterocycles. The summed E-state index contributed by atoms with van der Waals surface area (Å²) in [4.78, 5) is 40.7. The Morgan fingerprint density at radius 3 is 2.23 bits per heavy atom. The zero-order valence-electron chi connectivity index (χ0n) is 24.2. The van der Waals surface area contributed by atoms with Crippen LogP contribution in [0.15, 0.2) is 52.2 Å². The largest absolute Gasteiger partial charge is 0.504 e. The summed E-state index contributed by atoms with van der Waals surface area (Å²) >= 11 is 0. The molecule has 0 spiro atoms. The Bertz CT molecular complexity index is 1280. The number of carbonyl (C=O) groups excluding carboxylic acids is 3. The quantitative estimate of drug-likeness (QED) is 0.211. The number of allylic oxidation sites excluding steroid dienone is 4. The normalized spacial score (nSPS) is 20.5. The monoisotopic (exact) mass is 552 g/mol. The van der Waals surface area contributed by atoms with E-state index in [9.17, 15) is 23.9 Å². The lowest BCUT2D eigenvalue weighted by molar-refractivity contribution is -0.122. The number of ether oxygens (including phenoxy) is 2. The molecular formula is C33H41FO6. The maximum Gasteiger partial charge on any atom is 0.228 e. The Labute approximate surface area is 236 Å². The molecule has 7 heteroatoms. The molecule has 1 unspecified atom stereocenters. The first-order valence-electron chi connectivity index (χ1n) is 14.6. The van der Waals surface area contributed by atoms with E-state index in [1.165, 1.54) is 51.3 Å². The molecule has 0 fully saturated rings. The molecule has 0 saturated heterocycles. The van der Waals surface area contributed by atoms with Crippen LogP contribution in [0.2, 0.25) is 0 Å². The Morgan fingerprint density at radius 1 is 0.950 bits per heavy atom. The molecule has 0 aromatic heterocycles. The van der Waals surface area contributed by atoms with E-state index < -0.39 is 34.5 Å². The number of carbonyl (C=O) groups is 3. The van der Waals surface area contributed by atoms with Crippen molar-refractivity contribution in [3.8, 4) is 5.75 Å². The summed E-state index contributed by atoms with van der Waals surface area (Å²) in [5.41, 5.74) is 0.124. The van der Waals surface area contributed by atoms with E-state index in [0.717, 1.165) is 19.3 Å². The molecular weight excluding hydrogens is 511 g/mol. The van der Waals surface area contributed by atoms with Gasteiger partial charge in [-0.25, -0.2) is 4.39 Å². The summed E-state index contributed by atoms with van der Waals surface area (Å²) in [5, 5.41) is 10.9. The predicted molar refractivity (Wildman–Crippen MR) is 150 cm³/mol. The van der Waals surface area contributed by atoms with Crippen LogP contribution in [0.4, 0.5) is 4.39 Å². The highest BCUT2D eigenvalue weighted by Gasteiger charge is 2.49. The number of hydrogen-bond acceptors (Lipinski definition) is 6. The molecule has 1 aromatic carbocycles. The van der Waals surface area contributed by atoms with Gasteiger partial charge in [0.15, 0.2) is 28.9 Å². The number of methoxy groups -OCH3 is 1. The third-order valence-corrected chi connectivity index (χ3v) is 8.19. The summed E-state index contributed by atoms with van der Waals surface area (Å²) in [7, 11) is 1.35. The highest BCUT2D eigenvalue weighted by atomic mass is 19.1. The first-order chi connectivity index (χ1) is 19.1. The topological polar surface area (TPSA) is 89.9 Å². The number of ketones is 3. The number of aliphatic hydroxyl groups is 1. The molecule has 3 aliphatic rings. The van der Waals surface area contributed by atoms with Gasteiger partial charge >= 0.3 is 0 Å². The van der Waals surface area contributed by atoms with Gasteiger partial charge in [0.2, 0.25) is 11.6 Å². The van der Waals surface area contributed by atoms with Crippen molar-refractivity contribution in [2.24, 2.45) is 5.41 Å². The smallest absolute Gasteiger partial charge is 0.228 e. The first-order valence-corrected chi connectivity index (χ1v) is 14.6. The third kappa shape index (κ3) is 6.08. The molecule has 0 radical (unpaired) electrons. The molecule has 1 N–H and O–H groups in total. The zero-order chi connectivity index (χ0) is 29.0. The van der Waals surface area contributed by atoms with Crippen molar-refractivity contribution in [2.75, 3.05) is 7.11 Å². The van der Waals surface area contributed by atoms with E-state index in [0.29, 0.717) is 24.2 Å². The standard InChI is InChI=1S/C33H41FO6/c1-5-6-7-8-9-10-11-12-13-14-21-29(36)31(38)28-26(20-15-16-24(39-4)22(34)17-20)27-23(35)18-33(2,3)19-25(27)40-32(28)30(21)37/h15-17,26,36H,5-14,18-19H2,1-4H3. The molecule has 1 aromatic rings. The van der Waals surface area contributed by atoms with Gasteiger partial charge in [0.1, 0.15) is 5.76 Å². The van der Waals surface area contributed by atoms with Gasteiger partial charge in [-0.1, -0.05) is 78.2 Å². The second-order valence-corrected chi connectivity index (χ2v) is 12.0. The van der Waals surface area contributed by atoms with Crippen LogP contribution in [0.3, 0.4) is 0 Å². The van der Waals surface area contributed by atoms with Gasteiger partial charge < -0.3 is 14.6 Å². The lowest BCUT2D eigenvalue weighted by Crippen LogP contribution is -2.37. The summed E-state index contributed by atoms with van der Waals surface area (Å²) in [6.45, 7) is 6.08. The number of Topliss-reactive ketones (excluding diaryl/α,β-unsaturated/α-hetero) is 3. The van der Waals surface area contributed by atoms with Crippen molar-refractivity contribution in [2.45, 2.75) is 104 Å². The van der Waals surface area contributed by atoms with Crippen LogP contribution in [0.25, 0.3) is 0 Å². The average molecular weight is 553 g/mol. The van der Waals surface area contributed by atoms with Crippen LogP contribution in [0.1, 0.15) is 109 Å². The molecule has 1 aliphatic heterocycles. The van der Waals surface area contributed by atoms with Gasteiger partial charge in [-0.2, -0.15) is 0 Å². The molecule has 0 amide bonds. The Kier molecular flexibility index (Phi) is 9.32. The fourth-order valence-corrected chi connectivity index (χ4v) is 6.10. The number of rotatable bonds is 12. The van der Waals surface area contributed by atoms with Gasteiger partial charge in [0.25, 0.3) is 0 Å².